The number of nitrogens with one attached hydrogen (secondary N) is 1. The first-order valence-electron chi connectivity index (χ1n) is 8.96. The Hall–Kier alpha value is -3.21. The van der Waals surface area contributed by atoms with Crippen molar-refractivity contribution in [1.82, 2.24) is 15.3 Å². The molecule has 0 aliphatic rings. The van der Waals surface area contributed by atoms with Crippen molar-refractivity contribution in [2.75, 3.05) is 6.61 Å². The summed E-state index contributed by atoms with van der Waals surface area (Å²) >= 11 is 0. The summed E-state index contributed by atoms with van der Waals surface area (Å²) in [5, 5.41) is 2.87. The Morgan fingerprint density at radius 2 is 1.78 bits per heavy atom. The average molecular weight is 361 g/mol. The number of hydrogen-bond acceptors (Lipinski definition) is 4. The molecule has 0 bridgehead atoms. The highest BCUT2D eigenvalue weighted by molar-refractivity contribution is 5.77. The van der Waals surface area contributed by atoms with Crippen molar-refractivity contribution in [3.8, 4) is 17.0 Å². The van der Waals surface area contributed by atoms with E-state index < -0.39 is 0 Å². The van der Waals surface area contributed by atoms with Gasteiger partial charge in [0.2, 0.25) is 0 Å². The van der Waals surface area contributed by atoms with Crippen molar-refractivity contribution in [1.29, 1.82) is 0 Å². The van der Waals surface area contributed by atoms with Gasteiger partial charge in [-0.05, 0) is 53.4 Å². The first-order valence-corrected chi connectivity index (χ1v) is 8.96. The fraction of sp³-hybridized carbons (Fsp3) is 0.227. The third-order valence-corrected chi connectivity index (χ3v) is 4.21. The molecule has 5 nitrogen and oxygen atoms in total. The molecular formula is C22H23N3O2. The molecule has 0 spiro atoms. The monoisotopic (exact) mass is 361 g/mol. The maximum atomic E-state index is 12.1. The van der Waals surface area contributed by atoms with Crippen LogP contribution in [0.15, 0.2) is 67.1 Å². The van der Waals surface area contributed by atoms with Crippen molar-refractivity contribution in [2.45, 2.75) is 26.3 Å². The zero-order chi connectivity index (χ0) is 19.1. The number of ether oxygens (including phenoxy) is 1. The number of rotatable bonds is 7. The van der Waals surface area contributed by atoms with Gasteiger partial charge in [0, 0.05) is 30.7 Å². The smallest absolute Gasteiger partial charge is 0.258 e. The number of benzene rings is 1. The molecule has 1 aromatic carbocycles. The molecule has 0 radical (unpaired) electrons. The molecule has 0 aliphatic heterocycles. The molecule has 2 heterocycles. The molecule has 3 rings (SSSR count). The van der Waals surface area contributed by atoms with Crippen LogP contribution >= 0.6 is 0 Å². The fourth-order valence-electron chi connectivity index (χ4n) is 2.61. The van der Waals surface area contributed by atoms with Crippen LogP contribution in [0.5, 0.6) is 5.75 Å². The van der Waals surface area contributed by atoms with Gasteiger partial charge < -0.3 is 10.1 Å². The number of aromatic nitrogens is 2. The molecule has 1 N–H and O–H groups in total. The molecule has 0 saturated heterocycles. The predicted molar refractivity (Wildman–Crippen MR) is 105 cm³/mol. The Kier molecular flexibility index (Phi) is 6.15. The van der Waals surface area contributed by atoms with E-state index in [2.05, 4.69) is 29.1 Å². The highest BCUT2D eigenvalue weighted by Crippen LogP contribution is 2.19. The van der Waals surface area contributed by atoms with E-state index >= 15 is 0 Å². The minimum atomic E-state index is -0.162. The Balaban J connectivity index is 1.50. The highest BCUT2D eigenvalue weighted by atomic mass is 16.5. The fourth-order valence-corrected chi connectivity index (χ4v) is 2.61. The van der Waals surface area contributed by atoms with Crippen LogP contribution in [0.3, 0.4) is 0 Å². The first-order chi connectivity index (χ1) is 13.1. The molecule has 0 fully saturated rings. The third kappa shape index (κ3) is 5.38. The number of carbonyl (C=O) groups is 1. The Morgan fingerprint density at radius 1 is 1.04 bits per heavy atom. The minimum absolute atomic E-state index is 0.0106. The van der Waals surface area contributed by atoms with Crippen molar-refractivity contribution in [3.05, 3.63) is 78.2 Å². The third-order valence-electron chi connectivity index (χ3n) is 4.21. The van der Waals surface area contributed by atoms with Gasteiger partial charge in [-0.2, -0.15) is 0 Å². The molecule has 0 aliphatic carbocycles. The van der Waals surface area contributed by atoms with E-state index in [0.29, 0.717) is 18.2 Å². The van der Waals surface area contributed by atoms with Crippen LogP contribution < -0.4 is 10.1 Å². The van der Waals surface area contributed by atoms with Gasteiger partial charge in [-0.3, -0.25) is 14.8 Å². The van der Waals surface area contributed by atoms with Gasteiger partial charge in [0.15, 0.2) is 6.61 Å². The van der Waals surface area contributed by atoms with E-state index in [0.717, 1.165) is 16.8 Å². The lowest BCUT2D eigenvalue weighted by Crippen LogP contribution is -2.28. The van der Waals surface area contributed by atoms with E-state index in [-0.39, 0.29) is 12.5 Å². The molecule has 138 valence electrons. The Labute approximate surface area is 159 Å². The SMILES string of the molecule is CC(C)c1ccc(OCC(=O)NCc2ccnc(-c3ccncc3)c2)cc1. The van der Waals surface area contributed by atoms with Crippen LogP contribution in [0.25, 0.3) is 11.3 Å². The second-order valence-corrected chi connectivity index (χ2v) is 6.57. The van der Waals surface area contributed by atoms with Crippen LogP contribution in [0.2, 0.25) is 0 Å². The topological polar surface area (TPSA) is 64.1 Å². The molecule has 1 amide bonds. The normalized spacial score (nSPS) is 10.6. The van der Waals surface area contributed by atoms with Gasteiger partial charge in [0.05, 0.1) is 5.69 Å². The second-order valence-electron chi connectivity index (χ2n) is 6.57. The van der Waals surface area contributed by atoms with Gasteiger partial charge in [-0.25, -0.2) is 0 Å². The van der Waals surface area contributed by atoms with Crippen molar-refractivity contribution in [2.24, 2.45) is 0 Å². The van der Waals surface area contributed by atoms with Crippen molar-refractivity contribution < 1.29 is 9.53 Å². The van der Waals surface area contributed by atoms with Crippen molar-refractivity contribution in [3.63, 3.8) is 0 Å². The minimum Gasteiger partial charge on any atom is -0.484 e. The maximum Gasteiger partial charge on any atom is 0.258 e. The molecule has 3 aromatic rings. The van der Waals surface area contributed by atoms with Gasteiger partial charge in [0.25, 0.3) is 5.91 Å². The lowest BCUT2D eigenvalue weighted by Gasteiger charge is -2.10. The zero-order valence-electron chi connectivity index (χ0n) is 15.6. The molecule has 2 aromatic heterocycles. The summed E-state index contributed by atoms with van der Waals surface area (Å²) in [6.07, 6.45) is 5.21. The number of nitrogens with zero attached hydrogens (tertiary/aromatic N) is 2. The maximum absolute atomic E-state index is 12.1. The Bertz CT molecular complexity index is 878. The molecule has 5 heteroatoms. The molecule has 0 atom stereocenters. The average Bonchev–Trinajstić information content (AvgIpc) is 2.72. The highest BCUT2D eigenvalue weighted by Gasteiger charge is 2.06. The summed E-state index contributed by atoms with van der Waals surface area (Å²) in [7, 11) is 0. The molecular weight excluding hydrogens is 338 g/mol. The quantitative estimate of drug-likeness (QED) is 0.692. The Morgan fingerprint density at radius 3 is 2.48 bits per heavy atom. The second kappa shape index (κ2) is 8.94. The number of amides is 1. The molecule has 0 saturated carbocycles. The van der Waals surface area contributed by atoms with Crippen LogP contribution in [0.1, 0.15) is 30.9 Å². The van der Waals surface area contributed by atoms with E-state index in [9.17, 15) is 4.79 Å². The summed E-state index contributed by atoms with van der Waals surface area (Å²) in [5.41, 5.74) is 4.07. The summed E-state index contributed by atoms with van der Waals surface area (Å²) in [6, 6.07) is 15.5. The summed E-state index contributed by atoms with van der Waals surface area (Å²) in [6.45, 7) is 4.70. The van der Waals surface area contributed by atoms with E-state index in [4.69, 9.17) is 4.74 Å². The molecule has 27 heavy (non-hydrogen) atoms. The van der Waals surface area contributed by atoms with Gasteiger partial charge >= 0.3 is 0 Å². The van der Waals surface area contributed by atoms with Crippen LogP contribution in [-0.4, -0.2) is 22.5 Å². The summed E-state index contributed by atoms with van der Waals surface area (Å²) in [5.74, 6) is 1.00. The van der Waals surface area contributed by atoms with E-state index in [1.54, 1.807) is 18.6 Å². The molecule has 0 unspecified atom stereocenters. The van der Waals surface area contributed by atoms with E-state index in [1.165, 1.54) is 5.56 Å². The van der Waals surface area contributed by atoms with Gasteiger partial charge in [-0.15, -0.1) is 0 Å². The first kappa shape index (κ1) is 18.6. The van der Waals surface area contributed by atoms with Crippen LogP contribution in [0, 0.1) is 0 Å². The number of carbonyl (C=O) groups excluding carboxylic acids is 1. The predicted octanol–water partition coefficient (Wildman–Crippen LogP) is 3.96. The van der Waals surface area contributed by atoms with E-state index in [1.807, 2.05) is 48.5 Å². The van der Waals surface area contributed by atoms with Crippen LogP contribution in [0.4, 0.5) is 0 Å². The number of hydrogen-bond donors (Lipinski definition) is 1. The lowest BCUT2D eigenvalue weighted by molar-refractivity contribution is -0.123. The summed E-state index contributed by atoms with van der Waals surface area (Å²) in [4.78, 5) is 20.4. The zero-order valence-corrected chi connectivity index (χ0v) is 15.6. The van der Waals surface area contributed by atoms with Gasteiger partial charge in [0.1, 0.15) is 5.75 Å². The summed E-state index contributed by atoms with van der Waals surface area (Å²) < 4.78 is 5.55. The number of pyridine rings is 2. The lowest BCUT2D eigenvalue weighted by atomic mass is 10.0. The largest absolute Gasteiger partial charge is 0.484 e. The van der Waals surface area contributed by atoms with Crippen molar-refractivity contribution >= 4 is 5.91 Å². The van der Waals surface area contributed by atoms with Gasteiger partial charge in [-0.1, -0.05) is 26.0 Å². The van der Waals surface area contributed by atoms with Crippen LogP contribution in [-0.2, 0) is 11.3 Å². The standard InChI is InChI=1S/C22H23N3O2/c1-16(2)18-3-5-20(6-4-18)27-15-22(26)25-14-17-7-12-24-21(13-17)19-8-10-23-11-9-19/h3-13,16H,14-15H2,1-2H3,(H,25,26).